The normalized spacial score (nSPS) is 12.4. The van der Waals surface area contributed by atoms with Gasteiger partial charge in [-0.25, -0.2) is 4.39 Å². The number of rotatable bonds is 6. The number of nitrogens with one attached hydrogen (secondary N) is 1. The smallest absolute Gasteiger partial charge is 0.125 e. The summed E-state index contributed by atoms with van der Waals surface area (Å²) in [4.78, 5) is 0. The van der Waals surface area contributed by atoms with E-state index < -0.39 is 6.10 Å². The molecule has 0 amide bonds. The summed E-state index contributed by atoms with van der Waals surface area (Å²) in [5.74, 6) is -0.359. The molecule has 0 aliphatic rings. The summed E-state index contributed by atoms with van der Waals surface area (Å²) in [7, 11) is 1.54. The van der Waals surface area contributed by atoms with Gasteiger partial charge in [0.15, 0.2) is 0 Å². The topological polar surface area (TPSA) is 67.5 Å². The Bertz CT molecular complexity index is 334. The van der Waals surface area contributed by atoms with Crippen LogP contribution in [0, 0.1) is 5.82 Å². The maximum Gasteiger partial charge on any atom is 0.125 e. The second-order valence-corrected chi connectivity index (χ2v) is 3.56. The molecular formula is C11H17FN2O2. The van der Waals surface area contributed by atoms with E-state index in [4.69, 9.17) is 10.5 Å². The highest BCUT2D eigenvalue weighted by Gasteiger charge is 2.04. The monoisotopic (exact) mass is 228 g/mol. The van der Waals surface area contributed by atoms with Crippen molar-refractivity contribution in [3.8, 4) is 0 Å². The molecule has 0 aliphatic heterocycles. The van der Waals surface area contributed by atoms with Crippen LogP contribution in [-0.2, 0) is 4.74 Å². The Hall–Kier alpha value is -1.33. The molecule has 4 N–H and O–H groups in total. The fraction of sp³-hybridized carbons (Fsp3) is 0.455. The summed E-state index contributed by atoms with van der Waals surface area (Å²) in [5, 5.41) is 12.4. The minimum Gasteiger partial charge on any atom is -0.397 e. The summed E-state index contributed by atoms with van der Waals surface area (Å²) in [6.45, 7) is 0.862. The average Bonchev–Trinajstić information content (AvgIpc) is 2.22. The number of nitrogens with two attached hydrogens (primary N) is 1. The molecule has 0 heterocycles. The molecule has 16 heavy (non-hydrogen) atoms. The van der Waals surface area contributed by atoms with E-state index in [1.54, 1.807) is 6.07 Å². The molecule has 0 fully saturated rings. The number of anilines is 2. The largest absolute Gasteiger partial charge is 0.397 e. The molecular weight excluding hydrogens is 211 g/mol. The van der Waals surface area contributed by atoms with Crippen LogP contribution in [0.3, 0.4) is 0 Å². The molecule has 0 aliphatic carbocycles. The molecule has 0 aromatic heterocycles. The molecule has 0 saturated carbocycles. The third-order valence-corrected chi connectivity index (χ3v) is 2.17. The van der Waals surface area contributed by atoms with Gasteiger partial charge in [-0.2, -0.15) is 0 Å². The van der Waals surface area contributed by atoms with Crippen LogP contribution in [0.4, 0.5) is 15.8 Å². The van der Waals surface area contributed by atoms with Gasteiger partial charge in [0, 0.05) is 13.7 Å². The van der Waals surface area contributed by atoms with E-state index in [1.165, 1.54) is 19.2 Å². The number of ether oxygens (including phenoxy) is 1. The molecule has 1 aromatic carbocycles. The molecule has 1 rings (SSSR count). The number of benzene rings is 1. The summed E-state index contributed by atoms with van der Waals surface area (Å²) in [6.07, 6.45) is 0.0455. The van der Waals surface area contributed by atoms with Gasteiger partial charge in [-0.05, 0) is 24.6 Å². The molecule has 0 radical (unpaired) electrons. The first kappa shape index (κ1) is 12.7. The highest BCUT2D eigenvalue weighted by Crippen LogP contribution is 2.18. The van der Waals surface area contributed by atoms with Crippen LogP contribution < -0.4 is 11.1 Å². The Kier molecular flexibility index (Phi) is 5.01. The molecule has 0 bridgehead atoms. The van der Waals surface area contributed by atoms with Crippen molar-refractivity contribution in [2.45, 2.75) is 12.5 Å². The highest BCUT2D eigenvalue weighted by molar-refractivity contribution is 5.65. The average molecular weight is 228 g/mol. The van der Waals surface area contributed by atoms with Gasteiger partial charge in [0.1, 0.15) is 5.82 Å². The number of nitrogen functional groups attached to an aromatic ring is 1. The van der Waals surface area contributed by atoms with Crippen molar-refractivity contribution in [3.63, 3.8) is 0 Å². The Morgan fingerprint density at radius 3 is 2.94 bits per heavy atom. The van der Waals surface area contributed by atoms with Crippen molar-refractivity contribution in [1.29, 1.82) is 0 Å². The lowest BCUT2D eigenvalue weighted by molar-refractivity contribution is 0.0615. The van der Waals surface area contributed by atoms with Crippen molar-refractivity contribution in [2.24, 2.45) is 0 Å². The third-order valence-electron chi connectivity index (χ3n) is 2.17. The van der Waals surface area contributed by atoms with Gasteiger partial charge in [-0.1, -0.05) is 0 Å². The summed E-state index contributed by atoms with van der Waals surface area (Å²) in [6, 6.07) is 4.17. The summed E-state index contributed by atoms with van der Waals surface area (Å²) in [5.41, 5.74) is 6.64. The van der Waals surface area contributed by atoms with Crippen LogP contribution in [0.2, 0.25) is 0 Å². The molecule has 5 heteroatoms. The fourth-order valence-corrected chi connectivity index (χ4v) is 1.34. The van der Waals surface area contributed by atoms with Crippen molar-refractivity contribution in [3.05, 3.63) is 24.0 Å². The zero-order valence-electron chi connectivity index (χ0n) is 9.24. The molecule has 90 valence electrons. The van der Waals surface area contributed by atoms with Crippen LogP contribution in [-0.4, -0.2) is 31.5 Å². The van der Waals surface area contributed by atoms with Gasteiger partial charge in [-0.15, -0.1) is 0 Å². The molecule has 4 nitrogen and oxygen atoms in total. The standard InChI is InChI=1S/C11H17FN2O2/c1-16-7-9(15)4-5-14-11-3-2-8(12)6-10(11)13/h2-3,6,9,14-15H,4-5,7,13H2,1H3. The van der Waals surface area contributed by atoms with Crippen molar-refractivity contribution in [1.82, 2.24) is 0 Å². The second-order valence-electron chi connectivity index (χ2n) is 3.56. The first-order valence-corrected chi connectivity index (χ1v) is 5.09. The van der Waals surface area contributed by atoms with Crippen LogP contribution in [0.25, 0.3) is 0 Å². The zero-order chi connectivity index (χ0) is 12.0. The lowest BCUT2D eigenvalue weighted by Crippen LogP contribution is -2.18. The van der Waals surface area contributed by atoms with Gasteiger partial charge < -0.3 is 20.9 Å². The fourth-order valence-electron chi connectivity index (χ4n) is 1.34. The first-order valence-electron chi connectivity index (χ1n) is 5.09. The van der Waals surface area contributed by atoms with E-state index >= 15 is 0 Å². The van der Waals surface area contributed by atoms with Gasteiger partial charge in [0.2, 0.25) is 0 Å². The van der Waals surface area contributed by atoms with Crippen molar-refractivity contribution in [2.75, 3.05) is 31.3 Å². The molecule has 1 unspecified atom stereocenters. The zero-order valence-corrected chi connectivity index (χ0v) is 9.24. The maximum atomic E-state index is 12.7. The molecule has 0 spiro atoms. The van der Waals surface area contributed by atoms with E-state index in [9.17, 15) is 9.50 Å². The van der Waals surface area contributed by atoms with Crippen molar-refractivity contribution >= 4 is 11.4 Å². The van der Waals surface area contributed by atoms with Crippen LogP contribution in [0.1, 0.15) is 6.42 Å². The number of hydrogen-bond acceptors (Lipinski definition) is 4. The van der Waals surface area contributed by atoms with E-state index in [1.807, 2.05) is 0 Å². The van der Waals surface area contributed by atoms with Gasteiger partial charge in [0.05, 0.1) is 24.1 Å². The summed E-state index contributed by atoms with van der Waals surface area (Å²) < 4.78 is 17.5. The number of aliphatic hydroxyl groups is 1. The minimum absolute atomic E-state index is 0.306. The minimum atomic E-state index is -0.501. The third kappa shape index (κ3) is 4.04. The predicted octanol–water partition coefficient (Wildman–Crippen LogP) is 1.22. The van der Waals surface area contributed by atoms with E-state index in [0.717, 1.165) is 0 Å². The highest BCUT2D eigenvalue weighted by atomic mass is 19.1. The SMILES string of the molecule is COCC(O)CCNc1ccc(F)cc1N. The first-order chi connectivity index (χ1) is 7.63. The van der Waals surface area contributed by atoms with Gasteiger partial charge in [-0.3, -0.25) is 0 Å². The van der Waals surface area contributed by atoms with Gasteiger partial charge >= 0.3 is 0 Å². The molecule has 1 atom stereocenters. The quantitative estimate of drug-likeness (QED) is 0.640. The van der Waals surface area contributed by atoms with Gasteiger partial charge in [0.25, 0.3) is 0 Å². The Labute approximate surface area is 94.2 Å². The van der Waals surface area contributed by atoms with Crippen LogP contribution in [0.5, 0.6) is 0 Å². The predicted molar refractivity (Wildman–Crippen MR) is 61.8 cm³/mol. The number of methoxy groups -OCH3 is 1. The number of hydrogen-bond donors (Lipinski definition) is 3. The number of halogens is 1. The lowest BCUT2D eigenvalue weighted by Gasteiger charge is -2.12. The van der Waals surface area contributed by atoms with Crippen molar-refractivity contribution < 1.29 is 14.2 Å². The lowest BCUT2D eigenvalue weighted by atomic mass is 10.2. The van der Waals surface area contributed by atoms with E-state index in [2.05, 4.69) is 5.32 Å². The molecule has 0 saturated heterocycles. The Morgan fingerprint density at radius 2 is 2.31 bits per heavy atom. The Morgan fingerprint density at radius 1 is 1.56 bits per heavy atom. The number of aliphatic hydroxyl groups excluding tert-OH is 1. The Balaban J connectivity index is 2.37. The maximum absolute atomic E-state index is 12.7. The van der Waals surface area contributed by atoms with E-state index in [0.29, 0.717) is 30.9 Å². The summed E-state index contributed by atoms with van der Waals surface area (Å²) >= 11 is 0. The van der Waals surface area contributed by atoms with Crippen LogP contribution in [0.15, 0.2) is 18.2 Å². The molecule has 1 aromatic rings. The van der Waals surface area contributed by atoms with E-state index in [-0.39, 0.29) is 5.82 Å². The second kappa shape index (κ2) is 6.30. The van der Waals surface area contributed by atoms with Crippen LogP contribution >= 0.6 is 0 Å².